The monoisotopic (exact) mass is 232 g/mol. The van der Waals surface area contributed by atoms with E-state index in [-0.39, 0.29) is 0 Å². The molecule has 0 saturated heterocycles. The van der Waals surface area contributed by atoms with Gasteiger partial charge in [0.15, 0.2) is 4.90 Å². The Balaban J connectivity index is 3.08. The third kappa shape index (κ3) is 2.51. The van der Waals surface area contributed by atoms with Gasteiger partial charge in [-0.1, -0.05) is 15.9 Å². The van der Waals surface area contributed by atoms with E-state index in [1.165, 1.54) is 0 Å². The zero-order chi connectivity index (χ0) is 8.43. The first-order chi connectivity index (χ1) is 5.09. The van der Waals surface area contributed by atoms with Crippen molar-refractivity contribution in [2.75, 3.05) is 6.26 Å². The third-order valence-corrected chi connectivity index (χ3v) is 2.70. The van der Waals surface area contributed by atoms with Gasteiger partial charge < -0.3 is 4.55 Å². The fourth-order valence-corrected chi connectivity index (χ4v) is 2.27. The van der Waals surface area contributed by atoms with E-state index in [1.807, 2.05) is 25.1 Å². The van der Waals surface area contributed by atoms with Gasteiger partial charge in [-0.05, 0) is 35.8 Å². The summed E-state index contributed by atoms with van der Waals surface area (Å²) in [6.45, 7) is 1.99. The fourth-order valence-electron chi connectivity index (χ4n) is 0.869. The molecule has 3 heteroatoms. The number of rotatable bonds is 1. The van der Waals surface area contributed by atoms with Crippen molar-refractivity contribution in [2.24, 2.45) is 0 Å². The highest BCUT2D eigenvalue weighted by molar-refractivity contribution is 9.10. The van der Waals surface area contributed by atoms with Gasteiger partial charge in [-0.2, -0.15) is 0 Å². The van der Waals surface area contributed by atoms with Gasteiger partial charge in [-0.3, -0.25) is 0 Å². The van der Waals surface area contributed by atoms with E-state index in [1.54, 1.807) is 6.26 Å². The van der Waals surface area contributed by atoms with Crippen molar-refractivity contribution >= 4 is 27.1 Å². The van der Waals surface area contributed by atoms with Crippen LogP contribution < -0.4 is 0 Å². The molecule has 0 amide bonds. The molecule has 1 unspecified atom stereocenters. The number of hydrogen-bond donors (Lipinski definition) is 0. The SMILES string of the molecule is Cc1cc(Br)cc([S+](C)[O-])c1. The Bertz CT molecular complexity index is 240. The van der Waals surface area contributed by atoms with Gasteiger partial charge in [0.05, 0.1) is 0 Å². The molecule has 0 aliphatic heterocycles. The molecule has 0 spiro atoms. The fraction of sp³-hybridized carbons (Fsp3) is 0.250. The minimum absolute atomic E-state index is 0.872. The van der Waals surface area contributed by atoms with Crippen LogP contribution in [0.4, 0.5) is 0 Å². The Labute approximate surface area is 78.1 Å². The quantitative estimate of drug-likeness (QED) is 0.683. The van der Waals surface area contributed by atoms with Crippen molar-refractivity contribution in [3.8, 4) is 0 Å². The molecule has 60 valence electrons. The first kappa shape index (κ1) is 9.10. The van der Waals surface area contributed by atoms with Crippen molar-refractivity contribution in [3.63, 3.8) is 0 Å². The lowest BCUT2D eigenvalue weighted by atomic mass is 10.2. The van der Waals surface area contributed by atoms with Crippen molar-refractivity contribution in [1.29, 1.82) is 0 Å². The molecule has 1 nitrogen and oxygen atoms in total. The van der Waals surface area contributed by atoms with E-state index < -0.39 is 11.2 Å². The van der Waals surface area contributed by atoms with Crippen LogP contribution in [0.3, 0.4) is 0 Å². The van der Waals surface area contributed by atoms with Crippen LogP contribution in [0.5, 0.6) is 0 Å². The second kappa shape index (κ2) is 3.61. The minimum atomic E-state index is -0.880. The molecule has 0 fully saturated rings. The second-order valence-corrected chi connectivity index (χ2v) is 4.71. The van der Waals surface area contributed by atoms with Crippen LogP contribution in [0, 0.1) is 6.92 Å². The van der Waals surface area contributed by atoms with E-state index in [0.29, 0.717) is 0 Å². The van der Waals surface area contributed by atoms with E-state index in [0.717, 1.165) is 14.9 Å². The van der Waals surface area contributed by atoms with Crippen LogP contribution >= 0.6 is 15.9 Å². The lowest BCUT2D eigenvalue weighted by Gasteiger charge is -2.04. The molecular formula is C8H9BrOS. The molecular weight excluding hydrogens is 224 g/mol. The summed E-state index contributed by atoms with van der Waals surface area (Å²) in [4.78, 5) is 0.872. The zero-order valence-electron chi connectivity index (χ0n) is 6.43. The van der Waals surface area contributed by atoms with Crippen molar-refractivity contribution < 1.29 is 4.55 Å². The summed E-state index contributed by atoms with van der Waals surface area (Å²) in [6.07, 6.45) is 1.68. The summed E-state index contributed by atoms with van der Waals surface area (Å²) in [7, 11) is 0. The number of hydrogen-bond acceptors (Lipinski definition) is 1. The number of benzene rings is 1. The molecule has 0 N–H and O–H groups in total. The standard InChI is InChI=1S/C8H9BrOS/c1-6-3-7(9)5-8(4-6)11(2)10/h3-5H,1-2H3. The summed E-state index contributed by atoms with van der Waals surface area (Å²) in [5.74, 6) is 0. The normalized spacial score (nSPS) is 13.1. The molecule has 0 saturated carbocycles. The molecule has 1 atom stereocenters. The first-order valence-corrected chi connectivity index (χ1v) is 5.55. The molecule has 0 aliphatic carbocycles. The Hall–Kier alpha value is 0.01000. The first-order valence-electron chi connectivity index (χ1n) is 3.20. The maximum atomic E-state index is 11.0. The summed E-state index contributed by atoms with van der Waals surface area (Å²) in [5.41, 5.74) is 1.13. The predicted molar refractivity (Wildman–Crippen MR) is 51.2 cm³/mol. The third-order valence-electron chi connectivity index (χ3n) is 1.35. The van der Waals surface area contributed by atoms with Crippen molar-refractivity contribution in [1.82, 2.24) is 0 Å². The minimum Gasteiger partial charge on any atom is -0.612 e. The van der Waals surface area contributed by atoms with Gasteiger partial charge >= 0.3 is 0 Å². The largest absolute Gasteiger partial charge is 0.612 e. The highest BCUT2D eigenvalue weighted by Crippen LogP contribution is 2.18. The summed E-state index contributed by atoms with van der Waals surface area (Å²) < 4.78 is 12.0. The molecule has 0 radical (unpaired) electrons. The van der Waals surface area contributed by atoms with Crippen LogP contribution in [0.1, 0.15) is 5.56 Å². The molecule has 1 aromatic carbocycles. The predicted octanol–water partition coefficient (Wildman–Crippen LogP) is 2.49. The molecule has 0 aromatic heterocycles. The Kier molecular flexibility index (Phi) is 2.98. The highest BCUT2D eigenvalue weighted by atomic mass is 79.9. The molecule has 0 bridgehead atoms. The molecule has 11 heavy (non-hydrogen) atoms. The highest BCUT2D eigenvalue weighted by Gasteiger charge is 2.04. The zero-order valence-corrected chi connectivity index (χ0v) is 8.83. The Morgan fingerprint density at radius 3 is 2.45 bits per heavy atom. The molecule has 1 rings (SSSR count). The van der Waals surface area contributed by atoms with Crippen molar-refractivity contribution in [3.05, 3.63) is 28.2 Å². The van der Waals surface area contributed by atoms with Gasteiger partial charge in [0.25, 0.3) is 0 Å². The average Bonchev–Trinajstić information content (AvgIpc) is 1.85. The van der Waals surface area contributed by atoms with Crippen molar-refractivity contribution in [2.45, 2.75) is 11.8 Å². The van der Waals surface area contributed by atoms with E-state index in [4.69, 9.17) is 0 Å². The average molecular weight is 233 g/mol. The Morgan fingerprint density at radius 1 is 1.36 bits per heavy atom. The maximum absolute atomic E-state index is 11.0. The number of halogens is 1. The van der Waals surface area contributed by atoms with E-state index >= 15 is 0 Å². The second-order valence-electron chi connectivity index (χ2n) is 2.42. The summed E-state index contributed by atoms with van der Waals surface area (Å²) in [6, 6.07) is 5.81. The van der Waals surface area contributed by atoms with Gasteiger partial charge in [-0.15, -0.1) is 0 Å². The van der Waals surface area contributed by atoms with E-state index in [9.17, 15) is 4.55 Å². The van der Waals surface area contributed by atoms with Gasteiger partial charge in [0, 0.05) is 10.5 Å². The maximum Gasteiger partial charge on any atom is 0.153 e. The van der Waals surface area contributed by atoms with Crippen LogP contribution in [0.2, 0.25) is 0 Å². The molecule has 0 heterocycles. The van der Waals surface area contributed by atoms with Crippen LogP contribution in [-0.4, -0.2) is 10.8 Å². The van der Waals surface area contributed by atoms with Gasteiger partial charge in [0.2, 0.25) is 0 Å². The van der Waals surface area contributed by atoms with Gasteiger partial charge in [-0.25, -0.2) is 0 Å². The molecule has 1 aromatic rings. The summed E-state index contributed by atoms with van der Waals surface area (Å²) in [5, 5.41) is 0. The Morgan fingerprint density at radius 2 is 2.00 bits per heavy atom. The summed E-state index contributed by atoms with van der Waals surface area (Å²) >= 11 is 2.47. The number of aryl methyl sites for hydroxylation is 1. The van der Waals surface area contributed by atoms with Crippen LogP contribution in [0.25, 0.3) is 0 Å². The molecule has 0 aliphatic rings. The smallest absolute Gasteiger partial charge is 0.153 e. The topological polar surface area (TPSA) is 23.1 Å². The lowest BCUT2D eigenvalue weighted by Crippen LogP contribution is -1.97. The van der Waals surface area contributed by atoms with Crippen LogP contribution in [0.15, 0.2) is 27.6 Å². The van der Waals surface area contributed by atoms with Gasteiger partial charge in [0.1, 0.15) is 6.26 Å². The van der Waals surface area contributed by atoms with E-state index in [2.05, 4.69) is 15.9 Å². The van der Waals surface area contributed by atoms with Crippen LogP contribution in [-0.2, 0) is 11.2 Å². The lowest BCUT2D eigenvalue weighted by molar-refractivity contribution is 0.600.